The third-order valence-electron chi connectivity index (χ3n) is 3.64. The largest absolute Gasteiger partial charge is 0.469 e. The summed E-state index contributed by atoms with van der Waals surface area (Å²) in [5, 5.41) is 9.04. The third kappa shape index (κ3) is 2.31. The van der Waals surface area contributed by atoms with Crippen LogP contribution in [0.4, 0.5) is 9.18 Å². The fraction of sp³-hybridized carbons (Fsp3) is 0.188. The molecule has 2 aromatic carbocycles. The van der Waals surface area contributed by atoms with Gasteiger partial charge >= 0.3 is 6.09 Å². The molecule has 0 aliphatic carbocycles. The van der Waals surface area contributed by atoms with Crippen LogP contribution in [0.2, 0.25) is 0 Å². The van der Waals surface area contributed by atoms with Crippen LogP contribution >= 0.6 is 0 Å². The first-order chi connectivity index (χ1) is 10.1. The number of para-hydroxylation sites is 1. The maximum absolute atomic E-state index is 14.0. The van der Waals surface area contributed by atoms with E-state index >= 15 is 0 Å². The number of carbonyl (C=O) groups is 1. The van der Waals surface area contributed by atoms with Crippen LogP contribution in [-0.4, -0.2) is 29.4 Å². The number of amides is 1. The molecule has 21 heavy (non-hydrogen) atoms. The molecule has 108 valence electrons. The van der Waals surface area contributed by atoms with Gasteiger partial charge in [0.25, 0.3) is 0 Å². The fourth-order valence-electron chi connectivity index (χ4n) is 2.48. The van der Waals surface area contributed by atoms with E-state index in [9.17, 15) is 9.18 Å². The first kappa shape index (κ1) is 13.4. The molecule has 0 aromatic heterocycles. The summed E-state index contributed by atoms with van der Waals surface area (Å²) in [4.78, 5) is 12.1. The van der Waals surface area contributed by atoms with Crippen molar-refractivity contribution in [2.75, 3.05) is 7.05 Å². The molecule has 1 amide bonds. The predicted octanol–water partition coefficient (Wildman–Crippen LogP) is 3.36. The zero-order valence-electron chi connectivity index (χ0n) is 11.4. The van der Waals surface area contributed by atoms with E-state index in [1.165, 1.54) is 13.1 Å². The molecule has 0 radical (unpaired) electrons. The molecule has 5 heteroatoms. The monoisotopic (exact) mass is 287 g/mol. The average molecular weight is 287 g/mol. The second kappa shape index (κ2) is 5.09. The van der Waals surface area contributed by atoms with E-state index < -0.39 is 12.3 Å². The van der Waals surface area contributed by atoms with Gasteiger partial charge < -0.3 is 9.84 Å². The van der Waals surface area contributed by atoms with Gasteiger partial charge in [-0.25, -0.2) is 9.18 Å². The maximum atomic E-state index is 14.0. The lowest BCUT2D eigenvalue weighted by Crippen LogP contribution is -2.38. The SMILES string of the molecule is CN(C(=O)O)C1Cc2cccc(-c3ccccc3F)c2O1. The van der Waals surface area contributed by atoms with Crippen molar-refractivity contribution in [2.24, 2.45) is 0 Å². The molecule has 1 unspecified atom stereocenters. The normalized spacial score (nSPS) is 16.2. The number of nitrogens with zero attached hydrogens (tertiary/aromatic N) is 1. The first-order valence-electron chi connectivity index (χ1n) is 6.57. The summed E-state index contributed by atoms with van der Waals surface area (Å²) in [5.74, 6) is 0.227. The Morgan fingerprint density at radius 3 is 2.67 bits per heavy atom. The van der Waals surface area contributed by atoms with Crippen LogP contribution in [0.15, 0.2) is 42.5 Å². The molecule has 1 N–H and O–H groups in total. The van der Waals surface area contributed by atoms with Crippen LogP contribution in [0.1, 0.15) is 5.56 Å². The standard InChI is InChI=1S/C16H14FNO3/c1-18(16(19)20)14-9-10-5-4-7-12(15(10)21-14)11-6-2-3-8-13(11)17/h2-8,14H,9H2,1H3,(H,19,20). The highest BCUT2D eigenvalue weighted by Crippen LogP contribution is 2.40. The highest BCUT2D eigenvalue weighted by molar-refractivity contribution is 5.74. The Morgan fingerprint density at radius 1 is 1.24 bits per heavy atom. The van der Waals surface area contributed by atoms with Gasteiger partial charge in [0.1, 0.15) is 11.6 Å². The summed E-state index contributed by atoms with van der Waals surface area (Å²) in [6, 6.07) is 11.9. The number of carboxylic acid groups (broad SMARTS) is 1. The highest BCUT2D eigenvalue weighted by atomic mass is 19.1. The van der Waals surface area contributed by atoms with Crippen molar-refractivity contribution in [3.8, 4) is 16.9 Å². The summed E-state index contributed by atoms with van der Waals surface area (Å²) >= 11 is 0. The lowest BCUT2D eigenvalue weighted by atomic mass is 10.0. The third-order valence-corrected chi connectivity index (χ3v) is 3.64. The van der Waals surface area contributed by atoms with E-state index in [4.69, 9.17) is 9.84 Å². The lowest BCUT2D eigenvalue weighted by molar-refractivity contribution is 0.0610. The fourth-order valence-corrected chi connectivity index (χ4v) is 2.48. The predicted molar refractivity (Wildman–Crippen MR) is 75.7 cm³/mol. The molecule has 0 saturated carbocycles. The highest BCUT2D eigenvalue weighted by Gasteiger charge is 2.31. The van der Waals surface area contributed by atoms with Gasteiger partial charge in [-0.15, -0.1) is 0 Å². The average Bonchev–Trinajstić information content (AvgIpc) is 2.90. The number of rotatable bonds is 2. The Labute approximate surface area is 121 Å². The summed E-state index contributed by atoms with van der Waals surface area (Å²) in [7, 11) is 1.46. The Kier molecular flexibility index (Phi) is 3.25. The zero-order chi connectivity index (χ0) is 15.0. The van der Waals surface area contributed by atoms with Crippen molar-refractivity contribution in [3.05, 3.63) is 53.8 Å². The van der Waals surface area contributed by atoms with Crippen LogP contribution in [0.5, 0.6) is 5.75 Å². The molecule has 1 aliphatic heterocycles. The van der Waals surface area contributed by atoms with Gasteiger partial charge in [-0.05, 0) is 6.07 Å². The second-order valence-electron chi connectivity index (χ2n) is 4.94. The van der Waals surface area contributed by atoms with E-state index in [2.05, 4.69) is 0 Å². The van der Waals surface area contributed by atoms with E-state index in [1.54, 1.807) is 24.3 Å². The smallest absolute Gasteiger partial charge is 0.409 e. The summed E-state index contributed by atoms with van der Waals surface area (Å²) in [5.41, 5.74) is 1.98. The lowest BCUT2D eigenvalue weighted by Gasteiger charge is -2.21. The Bertz CT molecular complexity index is 702. The number of likely N-dealkylation sites (N-methyl/N-ethyl adjacent to an activating group) is 1. The first-order valence-corrected chi connectivity index (χ1v) is 6.57. The Balaban J connectivity index is 2.01. The van der Waals surface area contributed by atoms with Crippen LogP contribution in [0.25, 0.3) is 11.1 Å². The van der Waals surface area contributed by atoms with E-state index in [-0.39, 0.29) is 5.82 Å². The quantitative estimate of drug-likeness (QED) is 0.921. The molecule has 2 aromatic rings. The van der Waals surface area contributed by atoms with Crippen molar-refractivity contribution in [1.82, 2.24) is 4.90 Å². The molecule has 1 aliphatic rings. The van der Waals surface area contributed by atoms with Crippen molar-refractivity contribution in [1.29, 1.82) is 0 Å². The molecule has 0 spiro atoms. The van der Waals surface area contributed by atoms with Crippen molar-refractivity contribution >= 4 is 6.09 Å². The number of benzene rings is 2. The number of hydrogen-bond acceptors (Lipinski definition) is 2. The van der Waals surface area contributed by atoms with Crippen LogP contribution < -0.4 is 4.74 Å². The number of halogens is 1. The Morgan fingerprint density at radius 2 is 1.95 bits per heavy atom. The number of hydrogen-bond donors (Lipinski definition) is 1. The molecule has 0 fully saturated rings. The van der Waals surface area contributed by atoms with Crippen LogP contribution in [0, 0.1) is 5.82 Å². The van der Waals surface area contributed by atoms with Gasteiger partial charge in [0.2, 0.25) is 0 Å². The summed E-state index contributed by atoms with van der Waals surface area (Å²) < 4.78 is 19.7. The van der Waals surface area contributed by atoms with Gasteiger partial charge in [-0.3, -0.25) is 4.90 Å². The van der Waals surface area contributed by atoms with E-state index in [0.29, 0.717) is 23.3 Å². The molecule has 1 atom stereocenters. The van der Waals surface area contributed by atoms with Gasteiger partial charge in [0, 0.05) is 30.2 Å². The van der Waals surface area contributed by atoms with E-state index in [0.717, 1.165) is 10.5 Å². The minimum atomic E-state index is -1.06. The molecule has 0 saturated heterocycles. The number of ether oxygens (including phenoxy) is 1. The molecular weight excluding hydrogens is 273 g/mol. The Hall–Kier alpha value is -2.56. The summed E-state index contributed by atoms with van der Waals surface area (Å²) in [6.07, 6.45) is -1.17. The number of fused-ring (bicyclic) bond motifs is 1. The van der Waals surface area contributed by atoms with Crippen LogP contribution in [0.3, 0.4) is 0 Å². The maximum Gasteiger partial charge on any atom is 0.409 e. The topological polar surface area (TPSA) is 49.8 Å². The van der Waals surface area contributed by atoms with Crippen LogP contribution in [-0.2, 0) is 6.42 Å². The van der Waals surface area contributed by atoms with E-state index in [1.807, 2.05) is 12.1 Å². The zero-order valence-corrected chi connectivity index (χ0v) is 11.4. The second-order valence-corrected chi connectivity index (χ2v) is 4.94. The van der Waals surface area contributed by atoms with Crippen molar-refractivity contribution in [3.63, 3.8) is 0 Å². The van der Waals surface area contributed by atoms with Gasteiger partial charge in [-0.1, -0.05) is 36.4 Å². The molecule has 4 nitrogen and oxygen atoms in total. The van der Waals surface area contributed by atoms with Crippen molar-refractivity contribution < 1.29 is 19.0 Å². The van der Waals surface area contributed by atoms with Crippen molar-refractivity contribution in [2.45, 2.75) is 12.6 Å². The minimum absolute atomic E-state index is 0.329. The van der Waals surface area contributed by atoms with Gasteiger partial charge in [0.15, 0.2) is 6.23 Å². The molecule has 3 rings (SSSR count). The van der Waals surface area contributed by atoms with Gasteiger partial charge in [0.05, 0.1) is 0 Å². The molecule has 0 bridgehead atoms. The summed E-state index contributed by atoms with van der Waals surface area (Å²) in [6.45, 7) is 0. The minimum Gasteiger partial charge on any atom is -0.469 e. The van der Waals surface area contributed by atoms with Gasteiger partial charge in [-0.2, -0.15) is 0 Å². The molecular formula is C16H14FNO3. The molecule has 1 heterocycles.